The Morgan fingerprint density at radius 1 is 0.900 bits per heavy atom. The summed E-state index contributed by atoms with van der Waals surface area (Å²) in [5.74, 6) is -3.65. The number of hydrogen-bond donors (Lipinski definition) is 2. The van der Waals surface area contributed by atoms with Gasteiger partial charge in [-0.2, -0.15) is 0 Å². The Labute approximate surface area is 181 Å². The maximum Gasteiger partial charge on any atom is 0.414 e. The van der Waals surface area contributed by atoms with Crippen molar-refractivity contribution in [1.82, 2.24) is 9.80 Å². The first kappa shape index (κ1) is 23.5. The van der Waals surface area contributed by atoms with Crippen LogP contribution in [0.5, 0.6) is 0 Å². The maximum absolute atomic E-state index is 10.7. The highest BCUT2D eigenvalue weighted by Gasteiger charge is 2.18. The predicted molar refractivity (Wildman–Crippen MR) is 113 cm³/mol. The highest BCUT2D eigenvalue weighted by Crippen LogP contribution is 2.19. The minimum atomic E-state index is -1.82. The van der Waals surface area contributed by atoms with Gasteiger partial charge in [-0.15, -0.1) is 0 Å². The van der Waals surface area contributed by atoms with Gasteiger partial charge in [0.25, 0.3) is 5.69 Å². The lowest BCUT2D eigenvalue weighted by atomic mass is 10.1. The Morgan fingerprint density at radius 2 is 1.40 bits per heavy atom. The summed E-state index contributed by atoms with van der Waals surface area (Å²) in [7, 11) is 0. The van der Waals surface area contributed by atoms with Crippen LogP contribution in [0.4, 0.5) is 5.69 Å². The fourth-order valence-corrected chi connectivity index (χ4v) is 3.36. The fourth-order valence-electron chi connectivity index (χ4n) is 2.95. The van der Waals surface area contributed by atoms with Crippen LogP contribution in [0.2, 0.25) is 0 Å². The average molecular weight is 480 g/mol. The zero-order valence-electron chi connectivity index (χ0n) is 16.1. The second-order valence-corrected chi connectivity index (χ2v) is 7.53. The molecule has 1 aliphatic rings. The van der Waals surface area contributed by atoms with Crippen LogP contribution in [0.1, 0.15) is 11.1 Å². The molecule has 2 aromatic rings. The van der Waals surface area contributed by atoms with E-state index in [4.69, 9.17) is 19.8 Å². The molecule has 1 heterocycles. The molecule has 0 aromatic heterocycles. The maximum atomic E-state index is 10.7. The molecule has 9 nitrogen and oxygen atoms in total. The molecule has 2 N–H and O–H groups in total. The molecule has 10 heteroatoms. The molecule has 0 bridgehead atoms. The summed E-state index contributed by atoms with van der Waals surface area (Å²) in [4.78, 5) is 33.4. The quantitative estimate of drug-likeness (QED) is 0.381. The molecule has 2 aromatic carbocycles. The number of carbonyl (C=O) groups is 2. The van der Waals surface area contributed by atoms with Crippen molar-refractivity contribution in [2.75, 3.05) is 26.2 Å². The summed E-state index contributed by atoms with van der Waals surface area (Å²) in [5, 5.41) is 25.5. The third kappa shape index (κ3) is 7.54. The summed E-state index contributed by atoms with van der Waals surface area (Å²) >= 11 is 3.61. The van der Waals surface area contributed by atoms with Crippen LogP contribution in [-0.4, -0.2) is 63.1 Å². The minimum absolute atomic E-state index is 0.150. The second kappa shape index (κ2) is 11.4. The minimum Gasteiger partial charge on any atom is -0.473 e. The normalized spacial score (nSPS) is 14.4. The van der Waals surface area contributed by atoms with E-state index in [1.165, 1.54) is 10.0 Å². The SMILES string of the molecule is O=C(O)C(=O)O.O=[N+]([O-])c1ccc(CN2CCN(Cc3ccccc3Br)CC2)cc1. The van der Waals surface area contributed by atoms with Crippen molar-refractivity contribution in [2.24, 2.45) is 0 Å². The molecular weight excluding hydrogens is 458 g/mol. The molecule has 1 fully saturated rings. The van der Waals surface area contributed by atoms with Gasteiger partial charge in [0, 0.05) is 55.9 Å². The molecule has 1 aliphatic heterocycles. The largest absolute Gasteiger partial charge is 0.473 e. The molecular formula is C20H22BrN3O6. The summed E-state index contributed by atoms with van der Waals surface area (Å²) in [6.07, 6.45) is 0. The lowest BCUT2D eigenvalue weighted by molar-refractivity contribution is -0.384. The molecule has 0 saturated carbocycles. The molecule has 30 heavy (non-hydrogen) atoms. The molecule has 0 atom stereocenters. The van der Waals surface area contributed by atoms with Crippen LogP contribution in [-0.2, 0) is 22.7 Å². The van der Waals surface area contributed by atoms with Gasteiger partial charge in [0.15, 0.2) is 0 Å². The van der Waals surface area contributed by atoms with E-state index in [0.717, 1.165) is 44.8 Å². The van der Waals surface area contributed by atoms with Crippen LogP contribution in [0, 0.1) is 10.1 Å². The van der Waals surface area contributed by atoms with E-state index < -0.39 is 11.9 Å². The number of benzene rings is 2. The van der Waals surface area contributed by atoms with E-state index in [1.54, 1.807) is 12.1 Å². The topological polar surface area (TPSA) is 124 Å². The lowest BCUT2D eigenvalue weighted by Crippen LogP contribution is -2.45. The summed E-state index contributed by atoms with van der Waals surface area (Å²) in [5.41, 5.74) is 2.60. The van der Waals surface area contributed by atoms with Crippen LogP contribution in [0.15, 0.2) is 53.0 Å². The molecule has 1 saturated heterocycles. The molecule has 3 rings (SSSR count). The van der Waals surface area contributed by atoms with E-state index in [9.17, 15) is 10.1 Å². The van der Waals surface area contributed by atoms with Crippen LogP contribution in [0.25, 0.3) is 0 Å². The van der Waals surface area contributed by atoms with E-state index in [-0.39, 0.29) is 10.6 Å². The van der Waals surface area contributed by atoms with Crippen LogP contribution < -0.4 is 0 Å². The number of rotatable bonds is 5. The molecule has 0 spiro atoms. The Kier molecular flexibility index (Phi) is 8.90. The van der Waals surface area contributed by atoms with Gasteiger partial charge in [0.05, 0.1) is 4.92 Å². The Morgan fingerprint density at radius 3 is 1.87 bits per heavy atom. The Bertz CT molecular complexity index is 870. The fraction of sp³-hybridized carbons (Fsp3) is 0.300. The Balaban J connectivity index is 0.000000469. The first-order valence-corrected chi connectivity index (χ1v) is 9.93. The monoisotopic (exact) mass is 479 g/mol. The third-order valence-corrected chi connectivity index (χ3v) is 5.33. The standard InChI is InChI=1S/C18H20BrN3O2.C2H2O4/c19-18-4-2-1-3-16(18)14-21-11-9-20(10-12-21)13-15-5-7-17(8-6-15)22(23)24;3-1(4)2(5)6/h1-8H,9-14H2;(H,3,4)(H,5,6). The van der Waals surface area contributed by atoms with Crippen molar-refractivity contribution in [1.29, 1.82) is 0 Å². The van der Waals surface area contributed by atoms with E-state index >= 15 is 0 Å². The zero-order valence-corrected chi connectivity index (χ0v) is 17.7. The average Bonchev–Trinajstić information content (AvgIpc) is 2.72. The van der Waals surface area contributed by atoms with Crippen LogP contribution >= 0.6 is 15.9 Å². The highest BCUT2D eigenvalue weighted by molar-refractivity contribution is 9.10. The summed E-state index contributed by atoms with van der Waals surface area (Å²) in [6, 6.07) is 15.2. The van der Waals surface area contributed by atoms with Crippen molar-refractivity contribution >= 4 is 33.6 Å². The zero-order chi connectivity index (χ0) is 22.1. The van der Waals surface area contributed by atoms with E-state index in [1.807, 2.05) is 18.2 Å². The van der Waals surface area contributed by atoms with Gasteiger partial charge < -0.3 is 10.2 Å². The first-order chi connectivity index (χ1) is 14.3. The van der Waals surface area contributed by atoms with E-state index in [0.29, 0.717) is 0 Å². The molecule has 0 radical (unpaired) electrons. The number of aliphatic carboxylic acids is 2. The smallest absolute Gasteiger partial charge is 0.414 e. The predicted octanol–water partition coefficient (Wildman–Crippen LogP) is 2.83. The second-order valence-electron chi connectivity index (χ2n) is 6.68. The number of nitro benzene ring substituents is 1. The highest BCUT2D eigenvalue weighted by atomic mass is 79.9. The lowest BCUT2D eigenvalue weighted by Gasteiger charge is -2.34. The number of carboxylic acid groups (broad SMARTS) is 2. The Hall–Kier alpha value is -2.82. The third-order valence-electron chi connectivity index (χ3n) is 4.55. The number of piperazine rings is 1. The molecule has 0 aliphatic carbocycles. The van der Waals surface area contributed by atoms with Crippen molar-refractivity contribution in [3.8, 4) is 0 Å². The van der Waals surface area contributed by atoms with Gasteiger partial charge >= 0.3 is 11.9 Å². The van der Waals surface area contributed by atoms with Crippen LogP contribution in [0.3, 0.4) is 0 Å². The van der Waals surface area contributed by atoms with Crippen molar-refractivity contribution in [3.05, 3.63) is 74.2 Å². The summed E-state index contributed by atoms with van der Waals surface area (Å²) < 4.78 is 1.17. The molecule has 0 unspecified atom stereocenters. The summed E-state index contributed by atoms with van der Waals surface area (Å²) in [6.45, 7) is 5.92. The van der Waals surface area contributed by atoms with Gasteiger partial charge in [-0.1, -0.05) is 46.3 Å². The van der Waals surface area contributed by atoms with Crippen molar-refractivity contribution < 1.29 is 24.7 Å². The first-order valence-electron chi connectivity index (χ1n) is 9.14. The number of hydrogen-bond acceptors (Lipinski definition) is 6. The van der Waals surface area contributed by atoms with Crippen molar-refractivity contribution in [2.45, 2.75) is 13.1 Å². The van der Waals surface area contributed by atoms with Gasteiger partial charge in [-0.25, -0.2) is 9.59 Å². The van der Waals surface area contributed by atoms with Gasteiger partial charge in [0.1, 0.15) is 0 Å². The number of non-ortho nitro benzene ring substituents is 1. The van der Waals surface area contributed by atoms with Gasteiger partial charge in [-0.3, -0.25) is 19.9 Å². The van der Waals surface area contributed by atoms with Crippen molar-refractivity contribution in [3.63, 3.8) is 0 Å². The van der Waals surface area contributed by atoms with Gasteiger partial charge in [-0.05, 0) is 17.2 Å². The number of nitrogens with zero attached hydrogens (tertiary/aromatic N) is 3. The molecule has 0 amide bonds. The van der Waals surface area contributed by atoms with E-state index in [2.05, 4.69) is 43.9 Å². The number of carboxylic acids is 2. The number of halogens is 1. The molecule has 160 valence electrons. The van der Waals surface area contributed by atoms with Gasteiger partial charge in [0.2, 0.25) is 0 Å². The number of nitro groups is 1.